The van der Waals surface area contributed by atoms with E-state index in [1.165, 1.54) is 0 Å². The normalized spacial score (nSPS) is 10.7. The zero-order chi connectivity index (χ0) is 14.2. The van der Waals surface area contributed by atoms with Gasteiger partial charge in [0.1, 0.15) is 11.5 Å². The molecule has 2 nitrogen and oxygen atoms in total. The number of aryl methyl sites for hydroxylation is 3. The van der Waals surface area contributed by atoms with Crippen molar-refractivity contribution in [1.29, 1.82) is 0 Å². The summed E-state index contributed by atoms with van der Waals surface area (Å²) < 4.78 is 0.844. The van der Waals surface area contributed by atoms with Gasteiger partial charge in [0.2, 0.25) is 0 Å². The Hall–Kier alpha value is -1.23. The van der Waals surface area contributed by atoms with Gasteiger partial charge in [-0.05, 0) is 71.7 Å². The summed E-state index contributed by atoms with van der Waals surface area (Å²) in [6.07, 6.45) is 0.540. The van der Waals surface area contributed by atoms with E-state index >= 15 is 0 Å². The zero-order valence-electron chi connectivity index (χ0n) is 11.3. The van der Waals surface area contributed by atoms with Crippen molar-refractivity contribution < 1.29 is 10.2 Å². The highest BCUT2D eigenvalue weighted by Crippen LogP contribution is 2.31. The van der Waals surface area contributed by atoms with Gasteiger partial charge in [-0.3, -0.25) is 0 Å². The Morgan fingerprint density at radius 3 is 2.00 bits per heavy atom. The molecule has 0 aromatic heterocycles. The number of rotatable bonds is 2. The minimum Gasteiger partial charge on any atom is -0.507 e. The van der Waals surface area contributed by atoms with Crippen LogP contribution in [0.2, 0.25) is 0 Å². The second-order valence-corrected chi connectivity index (χ2v) is 6.18. The van der Waals surface area contributed by atoms with Crippen LogP contribution in [-0.2, 0) is 6.42 Å². The van der Waals surface area contributed by atoms with Crippen LogP contribution in [0.4, 0.5) is 0 Å². The second-order valence-electron chi connectivity index (χ2n) is 5.02. The molecule has 0 aliphatic carbocycles. The van der Waals surface area contributed by atoms with Gasteiger partial charge in [0, 0.05) is 6.42 Å². The van der Waals surface area contributed by atoms with Gasteiger partial charge >= 0.3 is 0 Å². The van der Waals surface area contributed by atoms with E-state index in [2.05, 4.69) is 22.6 Å². The van der Waals surface area contributed by atoms with E-state index in [4.69, 9.17) is 0 Å². The highest BCUT2D eigenvalue weighted by atomic mass is 127. The van der Waals surface area contributed by atoms with Crippen molar-refractivity contribution in [2.24, 2.45) is 0 Å². The summed E-state index contributed by atoms with van der Waals surface area (Å²) in [6.45, 7) is 5.91. The van der Waals surface area contributed by atoms with Crippen LogP contribution in [0.25, 0.3) is 0 Å². The van der Waals surface area contributed by atoms with Gasteiger partial charge in [-0.15, -0.1) is 0 Å². The van der Waals surface area contributed by atoms with Gasteiger partial charge in [0.15, 0.2) is 0 Å². The molecule has 2 rings (SSSR count). The fourth-order valence-corrected chi connectivity index (χ4v) is 3.17. The molecule has 0 fully saturated rings. The van der Waals surface area contributed by atoms with Crippen molar-refractivity contribution in [2.45, 2.75) is 27.2 Å². The number of halogens is 1. The molecule has 0 heterocycles. The van der Waals surface area contributed by atoms with Crippen LogP contribution in [0.15, 0.2) is 24.3 Å². The minimum atomic E-state index is 0.310. The maximum atomic E-state index is 10.1. The molecule has 0 atom stereocenters. The van der Waals surface area contributed by atoms with Gasteiger partial charge in [0.25, 0.3) is 0 Å². The number of hydrogen-bond donors (Lipinski definition) is 2. The molecule has 2 aromatic rings. The summed E-state index contributed by atoms with van der Waals surface area (Å²) in [4.78, 5) is 0. The molecule has 0 aliphatic heterocycles. The number of phenolic OH excluding ortho intramolecular Hbond substituents is 2. The standard InChI is InChI=1S/C16H17IO2/c1-9-4-11(3)15(18)12(5-9)8-13-6-10(2)7-14(17)16(13)19/h4-7,18-19H,8H2,1-3H3. The average Bonchev–Trinajstić information content (AvgIpc) is 2.31. The summed E-state index contributed by atoms with van der Waals surface area (Å²) in [6, 6.07) is 7.84. The van der Waals surface area contributed by atoms with E-state index in [0.29, 0.717) is 17.9 Å². The van der Waals surface area contributed by atoms with Crippen LogP contribution < -0.4 is 0 Å². The Kier molecular flexibility index (Phi) is 4.04. The quantitative estimate of drug-likeness (QED) is 0.780. The molecule has 100 valence electrons. The molecular formula is C16H17IO2. The zero-order valence-corrected chi connectivity index (χ0v) is 13.4. The van der Waals surface area contributed by atoms with Crippen LogP contribution in [0.3, 0.4) is 0 Å². The van der Waals surface area contributed by atoms with Crippen LogP contribution in [0.1, 0.15) is 27.8 Å². The molecule has 19 heavy (non-hydrogen) atoms. The summed E-state index contributed by atoms with van der Waals surface area (Å²) in [7, 11) is 0. The van der Waals surface area contributed by atoms with Crippen molar-refractivity contribution >= 4 is 22.6 Å². The van der Waals surface area contributed by atoms with Crippen molar-refractivity contribution in [3.05, 3.63) is 55.7 Å². The third kappa shape index (κ3) is 3.03. The molecule has 3 heteroatoms. The van der Waals surface area contributed by atoms with Crippen LogP contribution >= 0.6 is 22.6 Å². The average molecular weight is 368 g/mol. The van der Waals surface area contributed by atoms with E-state index in [1.54, 1.807) is 0 Å². The Labute approximate surface area is 127 Å². The number of aromatic hydroxyl groups is 2. The summed E-state index contributed by atoms with van der Waals surface area (Å²) >= 11 is 2.13. The lowest BCUT2D eigenvalue weighted by molar-refractivity contribution is 0.458. The highest BCUT2D eigenvalue weighted by Gasteiger charge is 2.11. The maximum Gasteiger partial charge on any atom is 0.132 e. The second kappa shape index (κ2) is 5.41. The Balaban J connectivity index is 2.47. The fraction of sp³-hybridized carbons (Fsp3) is 0.250. The largest absolute Gasteiger partial charge is 0.507 e. The SMILES string of the molecule is Cc1cc(C)c(O)c(Cc2cc(C)cc(I)c2O)c1. The molecule has 0 spiro atoms. The van der Waals surface area contributed by atoms with E-state index < -0.39 is 0 Å². The van der Waals surface area contributed by atoms with Gasteiger partial charge in [-0.25, -0.2) is 0 Å². The molecular weight excluding hydrogens is 351 g/mol. The smallest absolute Gasteiger partial charge is 0.132 e. The first kappa shape index (κ1) is 14.2. The Bertz CT molecular complexity index is 578. The number of benzene rings is 2. The predicted octanol–water partition coefficient (Wildman–Crippen LogP) is 4.22. The topological polar surface area (TPSA) is 40.5 Å². The van der Waals surface area contributed by atoms with E-state index in [0.717, 1.165) is 31.4 Å². The van der Waals surface area contributed by atoms with Crippen LogP contribution in [0, 0.1) is 24.3 Å². The summed E-state index contributed by atoms with van der Waals surface area (Å²) in [5.41, 5.74) is 4.81. The third-order valence-electron chi connectivity index (χ3n) is 3.19. The fourth-order valence-electron chi connectivity index (χ4n) is 2.33. The molecule has 2 N–H and O–H groups in total. The maximum absolute atomic E-state index is 10.1. The lowest BCUT2D eigenvalue weighted by Crippen LogP contribution is -1.95. The molecule has 0 amide bonds. The van der Waals surface area contributed by atoms with Gasteiger partial charge in [-0.1, -0.05) is 23.8 Å². The van der Waals surface area contributed by atoms with Gasteiger partial charge in [-0.2, -0.15) is 0 Å². The van der Waals surface area contributed by atoms with Crippen molar-refractivity contribution in [3.63, 3.8) is 0 Å². The molecule has 0 saturated heterocycles. The van der Waals surface area contributed by atoms with Gasteiger partial charge in [0.05, 0.1) is 3.57 Å². The van der Waals surface area contributed by atoms with Gasteiger partial charge < -0.3 is 10.2 Å². The van der Waals surface area contributed by atoms with Crippen molar-refractivity contribution in [3.8, 4) is 11.5 Å². The Morgan fingerprint density at radius 1 is 0.842 bits per heavy atom. The molecule has 2 aromatic carbocycles. The lowest BCUT2D eigenvalue weighted by atomic mass is 9.98. The van der Waals surface area contributed by atoms with E-state index in [1.807, 2.05) is 45.0 Å². The van der Waals surface area contributed by atoms with Crippen molar-refractivity contribution in [2.75, 3.05) is 0 Å². The molecule has 0 unspecified atom stereocenters. The number of hydrogen-bond acceptors (Lipinski definition) is 2. The minimum absolute atomic E-state index is 0.310. The predicted molar refractivity (Wildman–Crippen MR) is 85.9 cm³/mol. The molecule has 0 aliphatic rings. The molecule has 0 radical (unpaired) electrons. The van der Waals surface area contributed by atoms with Crippen LogP contribution in [0.5, 0.6) is 11.5 Å². The Morgan fingerprint density at radius 2 is 1.37 bits per heavy atom. The third-order valence-corrected chi connectivity index (χ3v) is 4.01. The summed E-state index contributed by atoms with van der Waals surface area (Å²) in [5, 5.41) is 20.3. The first-order valence-electron chi connectivity index (χ1n) is 6.15. The lowest BCUT2D eigenvalue weighted by Gasteiger charge is -2.12. The van der Waals surface area contributed by atoms with E-state index in [9.17, 15) is 10.2 Å². The molecule has 0 bridgehead atoms. The summed E-state index contributed by atoms with van der Waals surface area (Å²) in [5.74, 6) is 0.631. The first-order chi connectivity index (χ1) is 8.88. The number of phenols is 2. The first-order valence-corrected chi connectivity index (χ1v) is 7.23. The van der Waals surface area contributed by atoms with E-state index in [-0.39, 0.29) is 0 Å². The van der Waals surface area contributed by atoms with Crippen molar-refractivity contribution in [1.82, 2.24) is 0 Å². The highest BCUT2D eigenvalue weighted by molar-refractivity contribution is 14.1. The molecule has 0 saturated carbocycles. The van der Waals surface area contributed by atoms with Crippen LogP contribution in [-0.4, -0.2) is 10.2 Å². The monoisotopic (exact) mass is 368 g/mol.